The van der Waals surface area contributed by atoms with Crippen LogP contribution in [0.2, 0.25) is 0 Å². The van der Waals surface area contributed by atoms with Crippen molar-refractivity contribution in [1.29, 1.82) is 0 Å². The third-order valence-corrected chi connectivity index (χ3v) is 2.08. The van der Waals surface area contributed by atoms with E-state index in [9.17, 15) is 4.79 Å². The van der Waals surface area contributed by atoms with E-state index in [0.717, 1.165) is 0 Å². The van der Waals surface area contributed by atoms with Crippen molar-refractivity contribution in [3.63, 3.8) is 0 Å². The van der Waals surface area contributed by atoms with Crippen molar-refractivity contribution in [2.75, 3.05) is 6.61 Å². The van der Waals surface area contributed by atoms with Crippen LogP contribution in [0.5, 0.6) is 0 Å². The SMILES string of the molecule is CC1(C)COC(=O)C2OC21. The van der Waals surface area contributed by atoms with Gasteiger partial charge >= 0.3 is 5.97 Å². The van der Waals surface area contributed by atoms with Crippen molar-refractivity contribution in [3.8, 4) is 0 Å². The van der Waals surface area contributed by atoms with Gasteiger partial charge in [-0.3, -0.25) is 0 Å². The van der Waals surface area contributed by atoms with Crippen LogP contribution in [0.4, 0.5) is 0 Å². The molecule has 2 aliphatic rings. The summed E-state index contributed by atoms with van der Waals surface area (Å²) in [5.74, 6) is -0.190. The Labute approximate surface area is 59.3 Å². The molecule has 0 aliphatic carbocycles. The van der Waals surface area contributed by atoms with Gasteiger partial charge in [-0.25, -0.2) is 4.79 Å². The average molecular weight is 142 g/mol. The molecule has 2 fully saturated rings. The number of hydrogen-bond acceptors (Lipinski definition) is 3. The highest BCUT2D eigenvalue weighted by atomic mass is 16.7. The van der Waals surface area contributed by atoms with Gasteiger partial charge in [0.15, 0.2) is 6.10 Å². The van der Waals surface area contributed by atoms with Crippen LogP contribution in [0.25, 0.3) is 0 Å². The van der Waals surface area contributed by atoms with Crippen molar-refractivity contribution >= 4 is 5.97 Å². The summed E-state index contributed by atoms with van der Waals surface area (Å²) in [6.45, 7) is 4.58. The van der Waals surface area contributed by atoms with E-state index >= 15 is 0 Å². The lowest BCUT2D eigenvalue weighted by atomic mass is 9.87. The normalized spacial score (nSPS) is 42.0. The van der Waals surface area contributed by atoms with Crippen molar-refractivity contribution in [3.05, 3.63) is 0 Å². The van der Waals surface area contributed by atoms with Gasteiger partial charge in [-0.2, -0.15) is 0 Å². The van der Waals surface area contributed by atoms with Gasteiger partial charge in [0.1, 0.15) is 6.10 Å². The number of carbonyl (C=O) groups excluding carboxylic acids is 1. The Bertz CT molecular complexity index is 185. The quantitative estimate of drug-likeness (QED) is 0.361. The molecule has 0 radical (unpaired) electrons. The number of hydrogen-bond donors (Lipinski definition) is 0. The molecular weight excluding hydrogens is 132 g/mol. The van der Waals surface area contributed by atoms with Crippen LogP contribution < -0.4 is 0 Å². The smallest absolute Gasteiger partial charge is 0.338 e. The van der Waals surface area contributed by atoms with E-state index in [1.165, 1.54) is 0 Å². The van der Waals surface area contributed by atoms with E-state index < -0.39 is 0 Å². The van der Waals surface area contributed by atoms with E-state index in [1.807, 2.05) is 13.8 Å². The standard InChI is InChI=1S/C7H10O3/c1-7(2)3-9-6(8)4-5(7)10-4/h4-5H,3H2,1-2H3. The van der Waals surface area contributed by atoms with Crippen LogP contribution in [0.1, 0.15) is 13.8 Å². The first-order valence-corrected chi connectivity index (χ1v) is 3.43. The van der Waals surface area contributed by atoms with Crippen LogP contribution in [0, 0.1) is 5.41 Å². The number of epoxide rings is 1. The Morgan fingerprint density at radius 2 is 2.30 bits per heavy atom. The molecule has 2 heterocycles. The highest BCUT2D eigenvalue weighted by Crippen LogP contribution is 2.42. The van der Waals surface area contributed by atoms with E-state index in [4.69, 9.17) is 9.47 Å². The molecule has 2 atom stereocenters. The minimum Gasteiger partial charge on any atom is -0.463 e. The monoisotopic (exact) mass is 142 g/mol. The summed E-state index contributed by atoms with van der Waals surface area (Å²) in [6.07, 6.45) is -0.127. The van der Waals surface area contributed by atoms with Crippen LogP contribution in [0.3, 0.4) is 0 Å². The Morgan fingerprint density at radius 1 is 1.60 bits per heavy atom. The number of rotatable bonds is 0. The van der Waals surface area contributed by atoms with E-state index in [-0.39, 0.29) is 23.6 Å². The van der Waals surface area contributed by atoms with Crippen LogP contribution in [0.15, 0.2) is 0 Å². The average Bonchev–Trinajstić information content (AvgIpc) is 2.58. The molecule has 0 aromatic rings. The summed E-state index contributed by atoms with van der Waals surface area (Å²) in [4.78, 5) is 10.8. The maximum atomic E-state index is 10.8. The molecule has 10 heavy (non-hydrogen) atoms. The first kappa shape index (κ1) is 6.16. The predicted octanol–water partition coefficient (Wildman–Crippen LogP) is 0.337. The lowest BCUT2D eigenvalue weighted by Crippen LogP contribution is -2.36. The molecule has 0 saturated carbocycles. The topological polar surface area (TPSA) is 38.8 Å². The molecule has 2 rings (SSSR count). The van der Waals surface area contributed by atoms with Gasteiger partial charge in [-0.15, -0.1) is 0 Å². The highest BCUT2D eigenvalue weighted by Gasteiger charge is 2.58. The van der Waals surface area contributed by atoms with E-state index in [0.29, 0.717) is 6.61 Å². The molecule has 3 nitrogen and oxygen atoms in total. The Morgan fingerprint density at radius 3 is 2.90 bits per heavy atom. The lowest BCUT2D eigenvalue weighted by Gasteiger charge is -2.24. The van der Waals surface area contributed by atoms with Crippen molar-refractivity contribution in [2.45, 2.75) is 26.1 Å². The van der Waals surface area contributed by atoms with Gasteiger partial charge in [0.25, 0.3) is 0 Å². The molecule has 0 bridgehead atoms. The highest BCUT2D eigenvalue weighted by molar-refractivity contribution is 5.79. The maximum absolute atomic E-state index is 10.8. The molecule has 0 spiro atoms. The summed E-state index contributed by atoms with van der Waals surface area (Å²) in [6, 6.07) is 0. The number of cyclic esters (lactones) is 1. The second-order valence-corrected chi connectivity index (χ2v) is 3.57. The van der Waals surface area contributed by atoms with Gasteiger partial charge in [-0.05, 0) is 0 Å². The third kappa shape index (κ3) is 0.669. The summed E-state index contributed by atoms with van der Waals surface area (Å²) in [7, 11) is 0. The van der Waals surface area contributed by atoms with E-state index in [1.54, 1.807) is 0 Å². The van der Waals surface area contributed by atoms with Gasteiger partial charge in [0.2, 0.25) is 0 Å². The summed E-state index contributed by atoms with van der Waals surface area (Å²) in [5, 5.41) is 0. The van der Waals surface area contributed by atoms with Crippen LogP contribution in [-0.4, -0.2) is 24.8 Å². The first-order valence-electron chi connectivity index (χ1n) is 3.43. The van der Waals surface area contributed by atoms with E-state index in [2.05, 4.69) is 0 Å². The third-order valence-electron chi connectivity index (χ3n) is 2.08. The van der Waals surface area contributed by atoms with Crippen molar-refractivity contribution in [2.24, 2.45) is 5.41 Å². The predicted molar refractivity (Wildman–Crippen MR) is 33.4 cm³/mol. The second-order valence-electron chi connectivity index (χ2n) is 3.57. The largest absolute Gasteiger partial charge is 0.463 e. The molecule has 0 N–H and O–H groups in total. The number of fused-ring (bicyclic) bond motifs is 1. The zero-order valence-corrected chi connectivity index (χ0v) is 6.09. The Balaban J connectivity index is 2.16. The zero-order chi connectivity index (χ0) is 7.35. The molecule has 0 aromatic carbocycles. The minimum absolute atomic E-state index is 0.0264. The number of ether oxygens (including phenoxy) is 2. The second kappa shape index (κ2) is 1.53. The van der Waals surface area contributed by atoms with Gasteiger partial charge in [0, 0.05) is 5.41 Å². The molecule has 2 unspecified atom stereocenters. The molecular formula is C7H10O3. The molecule has 2 saturated heterocycles. The Kier molecular flexibility index (Phi) is 0.944. The number of carbonyl (C=O) groups is 1. The fraction of sp³-hybridized carbons (Fsp3) is 0.857. The van der Waals surface area contributed by atoms with Gasteiger partial charge < -0.3 is 9.47 Å². The molecule has 56 valence electrons. The van der Waals surface area contributed by atoms with Crippen molar-refractivity contribution < 1.29 is 14.3 Å². The Hall–Kier alpha value is -0.570. The molecule has 0 amide bonds. The summed E-state index contributed by atoms with van der Waals surface area (Å²) >= 11 is 0. The fourth-order valence-corrected chi connectivity index (χ4v) is 1.31. The van der Waals surface area contributed by atoms with Crippen LogP contribution in [-0.2, 0) is 14.3 Å². The zero-order valence-electron chi connectivity index (χ0n) is 6.09. The maximum Gasteiger partial charge on any atom is 0.338 e. The summed E-state index contributed by atoms with van der Waals surface area (Å²) in [5.41, 5.74) is 0.0264. The molecule has 3 heteroatoms. The lowest BCUT2D eigenvalue weighted by molar-refractivity contribution is -0.150. The minimum atomic E-state index is -0.247. The van der Waals surface area contributed by atoms with Crippen LogP contribution >= 0.6 is 0 Å². The summed E-state index contributed by atoms with van der Waals surface area (Å²) < 4.78 is 10.0. The fourth-order valence-electron chi connectivity index (χ4n) is 1.31. The van der Waals surface area contributed by atoms with Gasteiger partial charge in [0.05, 0.1) is 6.61 Å². The van der Waals surface area contributed by atoms with Crippen molar-refractivity contribution in [1.82, 2.24) is 0 Å². The van der Waals surface area contributed by atoms with Gasteiger partial charge in [-0.1, -0.05) is 13.8 Å². The molecule has 0 aromatic heterocycles. The number of esters is 1. The molecule has 2 aliphatic heterocycles. The first-order chi connectivity index (χ1) is 4.61.